The first-order valence-electron chi connectivity index (χ1n) is 5.65. The summed E-state index contributed by atoms with van der Waals surface area (Å²) in [5.41, 5.74) is 6.90. The van der Waals surface area contributed by atoms with Gasteiger partial charge in [0.1, 0.15) is 6.33 Å². The first-order valence-corrected chi connectivity index (χ1v) is 5.65. The summed E-state index contributed by atoms with van der Waals surface area (Å²) in [6, 6.07) is 7.47. The third-order valence-corrected chi connectivity index (χ3v) is 2.52. The van der Waals surface area contributed by atoms with Gasteiger partial charge in [0.25, 0.3) is 0 Å². The Bertz CT molecular complexity index is 549. The molecule has 6 heteroatoms. The maximum Gasteiger partial charge on any atom is 0.225 e. The number of hydrogen-bond donors (Lipinski definition) is 2. The lowest BCUT2D eigenvalue weighted by atomic mass is 10.1. The van der Waals surface area contributed by atoms with Crippen LogP contribution in [-0.2, 0) is 11.8 Å². The molecule has 0 atom stereocenters. The van der Waals surface area contributed by atoms with E-state index in [4.69, 9.17) is 5.73 Å². The number of benzene rings is 1. The molecule has 0 aliphatic heterocycles. The summed E-state index contributed by atoms with van der Waals surface area (Å²) in [5.74, 6) is 0.603. The first-order chi connectivity index (χ1) is 8.72. The minimum Gasteiger partial charge on any atom is -0.330 e. The van der Waals surface area contributed by atoms with Crippen molar-refractivity contribution in [2.24, 2.45) is 12.8 Å². The van der Waals surface area contributed by atoms with Crippen LogP contribution in [0.15, 0.2) is 30.6 Å². The highest BCUT2D eigenvalue weighted by Gasteiger charge is 2.11. The number of aryl methyl sites for hydroxylation is 1. The zero-order chi connectivity index (χ0) is 13.0. The lowest BCUT2D eigenvalue weighted by Gasteiger charge is -2.09. The predicted octanol–water partition coefficient (Wildman–Crippen LogP) is 0.769. The summed E-state index contributed by atoms with van der Waals surface area (Å²) in [5, 5.41) is 10.7. The Morgan fingerprint density at radius 3 is 2.89 bits per heavy atom. The van der Waals surface area contributed by atoms with Crippen LogP contribution in [0.4, 0.5) is 5.69 Å². The van der Waals surface area contributed by atoms with Gasteiger partial charge in [0.2, 0.25) is 5.91 Å². The highest BCUT2D eigenvalue weighted by atomic mass is 16.1. The Morgan fingerprint density at radius 1 is 1.44 bits per heavy atom. The number of nitrogens with two attached hydrogens (primary N) is 1. The van der Waals surface area contributed by atoms with E-state index in [9.17, 15) is 4.79 Å². The van der Waals surface area contributed by atoms with Crippen molar-refractivity contribution in [3.63, 3.8) is 0 Å². The van der Waals surface area contributed by atoms with Gasteiger partial charge >= 0.3 is 0 Å². The van der Waals surface area contributed by atoms with E-state index in [0.29, 0.717) is 24.5 Å². The molecular weight excluding hydrogens is 230 g/mol. The van der Waals surface area contributed by atoms with Gasteiger partial charge in [-0.1, -0.05) is 12.1 Å². The topological polar surface area (TPSA) is 85.8 Å². The quantitative estimate of drug-likeness (QED) is 0.833. The van der Waals surface area contributed by atoms with E-state index in [0.717, 1.165) is 5.56 Å². The molecule has 0 radical (unpaired) electrons. The van der Waals surface area contributed by atoms with Crippen molar-refractivity contribution in [3.8, 4) is 11.4 Å². The molecule has 0 aliphatic rings. The molecule has 1 amide bonds. The second-order valence-corrected chi connectivity index (χ2v) is 3.90. The van der Waals surface area contributed by atoms with Gasteiger partial charge in [0.15, 0.2) is 5.82 Å². The van der Waals surface area contributed by atoms with Crippen molar-refractivity contribution in [1.29, 1.82) is 0 Å². The number of para-hydroxylation sites is 1. The fourth-order valence-corrected chi connectivity index (χ4v) is 1.66. The van der Waals surface area contributed by atoms with Crippen molar-refractivity contribution in [1.82, 2.24) is 14.8 Å². The van der Waals surface area contributed by atoms with E-state index in [1.54, 1.807) is 10.9 Å². The highest BCUT2D eigenvalue weighted by Crippen LogP contribution is 2.25. The number of hydrogen-bond acceptors (Lipinski definition) is 4. The Balaban J connectivity index is 2.32. The summed E-state index contributed by atoms with van der Waals surface area (Å²) in [6.45, 7) is 0.331. The molecular formula is C12H15N5O. The van der Waals surface area contributed by atoms with Crippen LogP contribution in [0.2, 0.25) is 0 Å². The van der Waals surface area contributed by atoms with Gasteiger partial charge in [-0.3, -0.25) is 4.79 Å². The fourth-order valence-electron chi connectivity index (χ4n) is 1.66. The molecule has 94 valence electrons. The van der Waals surface area contributed by atoms with Crippen LogP contribution < -0.4 is 11.1 Å². The number of anilines is 1. The van der Waals surface area contributed by atoms with Crippen molar-refractivity contribution in [2.75, 3.05) is 11.9 Å². The maximum absolute atomic E-state index is 11.6. The lowest BCUT2D eigenvalue weighted by molar-refractivity contribution is -0.116. The molecule has 2 rings (SSSR count). The Labute approximate surface area is 105 Å². The van der Waals surface area contributed by atoms with E-state index in [1.807, 2.05) is 31.3 Å². The van der Waals surface area contributed by atoms with Gasteiger partial charge in [0, 0.05) is 25.6 Å². The average molecular weight is 245 g/mol. The van der Waals surface area contributed by atoms with Gasteiger partial charge in [-0.2, -0.15) is 0 Å². The summed E-state index contributed by atoms with van der Waals surface area (Å²) < 4.78 is 1.80. The third-order valence-electron chi connectivity index (χ3n) is 2.52. The SMILES string of the molecule is Cn1cnnc1-c1ccccc1NC(=O)CCN. The highest BCUT2D eigenvalue weighted by molar-refractivity contribution is 5.94. The number of amides is 1. The maximum atomic E-state index is 11.6. The van der Waals surface area contributed by atoms with Crippen molar-refractivity contribution < 1.29 is 4.79 Å². The van der Waals surface area contributed by atoms with Gasteiger partial charge < -0.3 is 15.6 Å². The minimum atomic E-state index is -0.105. The Morgan fingerprint density at radius 2 is 2.22 bits per heavy atom. The number of carbonyl (C=O) groups is 1. The predicted molar refractivity (Wildman–Crippen MR) is 68.7 cm³/mol. The van der Waals surface area contributed by atoms with E-state index in [1.165, 1.54) is 0 Å². The molecule has 18 heavy (non-hydrogen) atoms. The molecule has 2 aromatic rings. The van der Waals surface area contributed by atoms with Crippen molar-refractivity contribution in [3.05, 3.63) is 30.6 Å². The average Bonchev–Trinajstić information content (AvgIpc) is 2.76. The second-order valence-electron chi connectivity index (χ2n) is 3.90. The van der Waals surface area contributed by atoms with E-state index in [-0.39, 0.29) is 5.91 Å². The summed E-state index contributed by atoms with van der Waals surface area (Å²) in [7, 11) is 1.85. The smallest absolute Gasteiger partial charge is 0.225 e. The van der Waals surface area contributed by atoms with Crippen LogP contribution in [0.1, 0.15) is 6.42 Å². The molecule has 0 spiro atoms. The molecule has 0 unspecified atom stereocenters. The largest absolute Gasteiger partial charge is 0.330 e. The standard InChI is InChI=1S/C12H15N5O/c1-17-8-14-16-12(17)9-4-2-3-5-10(9)15-11(18)6-7-13/h2-5,8H,6-7,13H2,1H3,(H,15,18). The van der Waals surface area contributed by atoms with Crippen molar-refractivity contribution >= 4 is 11.6 Å². The van der Waals surface area contributed by atoms with Crippen molar-refractivity contribution in [2.45, 2.75) is 6.42 Å². The molecule has 1 aromatic carbocycles. The zero-order valence-electron chi connectivity index (χ0n) is 10.1. The van der Waals surface area contributed by atoms with Gasteiger partial charge in [-0.05, 0) is 12.1 Å². The van der Waals surface area contributed by atoms with Gasteiger partial charge in [-0.15, -0.1) is 10.2 Å². The number of carbonyl (C=O) groups excluding carboxylic acids is 1. The molecule has 1 heterocycles. The zero-order valence-corrected chi connectivity index (χ0v) is 10.1. The Kier molecular flexibility index (Phi) is 3.69. The molecule has 0 saturated carbocycles. The Hall–Kier alpha value is -2.21. The summed E-state index contributed by atoms with van der Waals surface area (Å²) >= 11 is 0. The van der Waals surface area contributed by atoms with Crippen LogP contribution >= 0.6 is 0 Å². The van der Waals surface area contributed by atoms with Crippen LogP contribution in [0.3, 0.4) is 0 Å². The summed E-state index contributed by atoms with van der Waals surface area (Å²) in [6.07, 6.45) is 1.92. The molecule has 0 aliphatic carbocycles. The van der Waals surface area contributed by atoms with Crippen LogP contribution in [0.5, 0.6) is 0 Å². The van der Waals surface area contributed by atoms with E-state index >= 15 is 0 Å². The molecule has 0 saturated heterocycles. The molecule has 3 N–H and O–H groups in total. The van der Waals surface area contributed by atoms with Crippen LogP contribution in [0, 0.1) is 0 Å². The number of nitrogens with zero attached hydrogens (tertiary/aromatic N) is 3. The lowest BCUT2D eigenvalue weighted by Crippen LogP contribution is -2.16. The fraction of sp³-hybridized carbons (Fsp3) is 0.250. The monoisotopic (exact) mass is 245 g/mol. The normalized spacial score (nSPS) is 10.3. The molecule has 0 fully saturated rings. The summed E-state index contributed by atoms with van der Waals surface area (Å²) in [4.78, 5) is 11.6. The van der Waals surface area contributed by atoms with E-state index < -0.39 is 0 Å². The molecule has 1 aromatic heterocycles. The number of aromatic nitrogens is 3. The molecule has 6 nitrogen and oxygen atoms in total. The first kappa shape index (κ1) is 12.3. The minimum absolute atomic E-state index is 0.105. The van der Waals surface area contributed by atoms with Crippen LogP contribution in [-0.4, -0.2) is 27.2 Å². The van der Waals surface area contributed by atoms with E-state index in [2.05, 4.69) is 15.5 Å². The van der Waals surface area contributed by atoms with Crippen LogP contribution in [0.25, 0.3) is 11.4 Å². The van der Waals surface area contributed by atoms with Gasteiger partial charge in [0.05, 0.1) is 5.69 Å². The third kappa shape index (κ3) is 2.54. The second kappa shape index (κ2) is 5.42. The van der Waals surface area contributed by atoms with Gasteiger partial charge in [-0.25, -0.2) is 0 Å². The molecule has 0 bridgehead atoms. The number of rotatable bonds is 4. The number of nitrogens with one attached hydrogen (secondary N) is 1.